The number of alkyl halides is 5. The highest BCUT2D eigenvalue weighted by Crippen LogP contribution is 2.40. The van der Waals surface area contributed by atoms with E-state index in [1.807, 2.05) is 0 Å². The average molecular weight is 755 g/mol. The zero-order valence-electron chi connectivity index (χ0n) is 27.2. The molecule has 1 saturated heterocycles. The topological polar surface area (TPSA) is 103 Å². The molecule has 1 saturated carbocycles. The van der Waals surface area contributed by atoms with Gasteiger partial charge in [0.05, 0.1) is 27.9 Å². The third kappa shape index (κ3) is 9.31. The Hall–Kier alpha value is -3.24. The van der Waals surface area contributed by atoms with Crippen molar-refractivity contribution < 1.29 is 55.0 Å². The second-order valence-electron chi connectivity index (χ2n) is 11.5. The number of thioether (sulfide) groups is 2. The van der Waals surface area contributed by atoms with E-state index in [0.717, 1.165) is 31.7 Å². The number of carbonyl (C=O) groups is 4. The van der Waals surface area contributed by atoms with E-state index in [0.29, 0.717) is 34.0 Å². The maximum Gasteiger partial charge on any atom is 0.434 e. The number of carbonyl (C=O) groups excluding carboxylic acids is 4. The zero-order chi connectivity index (χ0) is 37.0. The fourth-order valence-electron chi connectivity index (χ4n) is 5.13. The van der Waals surface area contributed by atoms with Gasteiger partial charge >= 0.3 is 18.2 Å². The number of benzene rings is 1. The van der Waals surface area contributed by atoms with E-state index in [1.165, 1.54) is 18.6 Å². The Morgan fingerprint density at radius 1 is 1.06 bits per heavy atom. The van der Waals surface area contributed by atoms with Gasteiger partial charge < -0.3 is 9.47 Å². The largest absolute Gasteiger partial charge is 0.489 e. The van der Waals surface area contributed by atoms with E-state index in [2.05, 4.69) is 4.98 Å². The molecule has 0 bridgehead atoms. The molecule has 1 aromatic heterocycles. The van der Waals surface area contributed by atoms with Gasteiger partial charge in [-0.25, -0.2) is 27.8 Å². The van der Waals surface area contributed by atoms with Crippen LogP contribution in [-0.4, -0.2) is 45.8 Å². The number of amides is 2. The predicted octanol–water partition coefficient (Wildman–Crippen LogP) is 9.82. The van der Waals surface area contributed by atoms with Gasteiger partial charge in [-0.1, -0.05) is 49.0 Å². The van der Waals surface area contributed by atoms with Gasteiger partial charge in [-0.05, 0) is 81.6 Å². The molecule has 0 unspecified atom stereocenters. The Balaban J connectivity index is 0.000000265. The van der Waals surface area contributed by atoms with Crippen LogP contribution in [0.2, 0.25) is 5.02 Å². The summed E-state index contributed by atoms with van der Waals surface area (Å²) >= 11 is 7.13. The molecule has 49 heavy (non-hydrogen) atoms. The third-order valence-electron chi connectivity index (χ3n) is 7.26. The van der Waals surface area contributed by atoms with Crippen molar-refractivity contribution >= 4 is 63.0 Å². The van der Waals surface area contributed by atoms with Crippen LogP contribution in [0.25, 0.3) is 0 Å². The first-order chi connectivity index (χ1) is 22.8. The highest BCUT2D eigenvalue weighted by atomic mass is 35.5. The zero-order valence-corrected chi connectivity index (χ0v) is 29.6. The minimum Gasteiger partial charge on any atom is -0.489 e. The van der Waals surface area contributed by atoms with Crippen LogP contribution < -0.4 is 9.64 Å². The summed E-state index contributed by atoms with van der Waals surface area (Å²) < 4.78 is 91.8. The number of nitrogens with zero attached hydrogens (tertiary/aromatic N) is 2. The molecule has 0 spiro atoms. The number of pyridine rings is 1. The van der Waals surface area contributed by atoms with Crippen LogP contribution in [0.4, 0.5) is 36.8 Å². The number of hydrogen-bond donors (Lipinski definition) is 0. The molecule has 2 heterocycles. The highest BCUT2D eigenvalue weighted by molar-refractivity contribution is 8.13. The monoisotopic (exact) mass is 754 g/mol. The molecule has 1 aromatic carbocycles. The predicted molar refractivity (Wildman–Crippen MR) is 175 cm³/mol. The summed E-state index contributed by atoms with van der Waals surface area (Å²) in [7, 11) is 0. The molecule has 2 fully saturated rings. The van der Waals surface area contributed by atoms with Crippen molar-refractivity contribution in [2.45, 2.75) is 78.5 Å². The van der Waals surface area contributed by atoms with Crippen LogP contribution in [-0.2, 0) is 22.1 Å². The Morgan fingerprint density at radius 2 is 1.63 bits per heavy atom. The van der Waals surface area contributed by atoms with Crippen molar-refractivity contribution in [2.24, 2.45) is 5.92 Å². The standard InChI is InChI=1S/C17H17ClFNO4.C15H16F5NO2S2/c1-9(2)15-16(21)20(17(22)24-15)13-8-14(11(18)7-12(13)19)23-10-5-3-4-6-10;1-6(2)5-7-8(13(22)24-3)10(12(16)17)21-11(15(18,19)20)9(7)14(23)25-4/h7-8,10H,3-6H2,1-2H3;6,12H,5H2,1-4H3. The summed E-state index contributed by atoms with van der Waals surface area (Å²) in [6, 6.07) is 2.32. The molecule has 4 rings (SSSR count). The maximum atomic E-state index is 14.3. The third-order valence-corrected chi connectivity index (χ3v) is 8.70. The van der Waals surface area contributed by atoms with Gasteiger partial charge in [-0.3, -0.25) is 14.4 Å². The molecule has 0 atom stereocenters. The number of allylic oxidation sites excluding steroid dienone is 1. The Bertz CT molecular complexity index is 1660. The Morgan fingerprint density at radius 3 is 2.10 bits per heavy atom. The summed E-state index contributed by atoms with van der Waals surface area (Å²) in [4.78, 5) is 52.3. The van der Waals surface area contributed by atoms with E-state index >= 15 is 0 Å². The molecule has 8 nitrogen and oxygen atoms in total. The van der Waals surface area contributed by atoms with Crippen LogP contribution in [0.3, 0.4) is 0 Å². The molecule has 2 aliphatic rings. The molecular weight excluding hydrogens is 722 g/mol. The van der Waals surface area contributed by atoms with Gasteiger partial charge in [0.15, 0.2) is 11.5 Å². The Kier molecular flexibility index (Phi) is 13.7. The van der Waals surface area contributed by atoms with Gasteiger partial charge in [-0.2, -0.15) is 13.2 Å². The molecule has 2 aromatic rings. The number of anilines is 1. The molecule has 0 radical (unpaired) electrons. The van der Waals surface area contributed by atoms with Crippen LogP contribution >= 0.6 is 35.1 Å². The van der Waals surface area contributed by atoms with E-state index < -0.39 is 63.2 Å². The number of ether oxygens (including phenoxy) is 2. The van der Waals surface area contributed by atoms with Crippen molar-refractivity contribution in [3.8, 4) is 5.75 Å². The van der Waals surface area contributed by atoms with Crippen molar-refractivity contribution in [1.29, 1.82) is 0 Å². The molecule has 1 aliphatic heterocycles. The van der Waals surface area contributed by atoms with Crippen LogP contribution in [0.1, 0.15) is 97.5 Å². The fourth-order valence-corrected chi connectivity index (χ4v) is 6.18. The van der Waals surface area contributed by atoms with Gasteiger partial charge in [0, 0.05) is 6.07 Å². The summed E-state index contributed by atoms with van der Waals surface area (Å²) in [5.74, 6) is -1.60. The lowest BCUT2D eigenvalue weighted by atomic mass is 9.92. The Labute approximate surface area is 292 Å². The highest BCUT2D eigenvalue weighted by Gasteiger charge is 2.43. The lowest BCUT2D eigenvalue weighted by Crippen LogP contribution is -2.29. The second kappa shape index (κ2) is 16.6. The lowest BCUT2D eigenvalue weighted by molar-refractivity contribution is -0.141. The van der Waals surface area contributed by atoms with Crippen molar-refractivity contribution in [1.82, 2.24) is 4.98 Å². The summed E-state index contributed by atoms with van der Waals surface area (Å²) in [5.41, 5.74) is -4.31. The van der Waals surface area contributed by atoms with Gasteiger partial charge in [0.1, 0.15) is 17.3 Å². The molecule has 2 amide bonds. The second-order valence-corrected chi connectivity index (χ2v) is 13.5. The maximum absolute atomic E-state index is 14.3. The van der Waals surface area contributed by atoms with Gasteiger partial charge in [-0.15, -0.1) is 0 Å². The number of aromatic nitrogens is 1. The quantitative estimate of drug-likeness (QED) is 0.193. The molecule has 0 N–H and O–H groups in total. The van der Waals surface area contributed by atoms with E-state index in [9.17, 15) is 45.5 Å². The number of halogens is 7. The normalized spacial score (nSPS) is 15.2. The summed E-state index contributed by atoms with van der Waals surface area (Å²) in [5, 5.41) is -1.71. The van der Waals surface area contributed by atoms with E-state index in [-0.39, 0.29) is 46.2 Å². The van der Waals surface area contributed by atoms with E-state index in [4.69, 9.17) is 21.1 Å². The lowest BCUT2D eigenvalue weighted by Gasteiger charge is -2.21. The van der Waals surface area contributed by atoms with Crippen LogP contribution in [0, 0.1) is 11.7 Å². The minimum absolute atomic E-state index is 0.00962. The van der Waals surface area contributed by atoms with Gasteiger partial charge in [0.25, 0.3) is 6.43 Å². The SMILES string of the molecule is CC(C)=C1OC(=O)N(c2cc(OC3CCCC3)c(Cl)cc2F)C1=O.CSC(=O)c1c(C(F)F)nc(C(F)(F)F)c(C(=O)SC)c1CC(C)C. The first-order valence-electron chi connectivity index (χ1n) is 14.8. The molecular formula is C32H33ClF6N2O6S2. The first kappa shape index (κ1) is 40.2. The summed E-state index contributed by atoms with van der Waals surface area (Å²) in [6.07, 6.45) is -3.01. The fraction of sp³-hybridized carbons (Fsp3) is 0.469. The molecule has 268 valence electrons. The first-order valence-corrected chi connectivity index (χ1v) is 17.6. The number of imide groups is 1. The molecule has 17 heteroatoms. The van der Waals surface area contributed by atoms with Crippen LogP contribution in [0.5, 0.6) is 5.75 Å². The van der Waals surface area contributed by atoms with Crippen molar-refractivity contribution in [3.05, 3.63) is 62.4 Å². The van der Waals surface area contributed by atoms with Gasteiger partial charge in [0.2, 0.25) is 10.2 Å². The van der Waals surface area contributed by atoms with Crippen LogP contribution in [0.15, 0.2) is 23.5 Å². The number of cyclic esters (lactones) is 1. The summed E-state index contributed by atoms with van der Waals surface area (Å²) in [6.45, 7) is 6.57. The van der Waals surface area contributed by atoms with Crippen molar-refractivity contribution in [3.63, 3.8) is 0 Å². The minimum atomic E-state index is -5.10. The number of rotatable bonds is 8. The average Bonchev–Trinajstić information content (AvgIpc) is 3.63. The smallest absolute Gasteiger partial charge is 0.434 e. The molecule has 1 aliphatic carbocycles. The van der Waals surface area contributed by atoms with E-state index in [1.54, 1.807) is 27.7 Å². The van der Waals surface area contributed by atoms with Crippen molar-refractivity contribution in [2.75, 3.05) is 17.4 Å². The number of hydrogen-bond acceptors (Lipinski definition) is 9.